The minimum atomic E-state index is -2.53. The van der Waals surface area contributed by atoms with Gasteiger partial charge >= 0.3 is 0 Å². The molecule has 1 rings (SSSR count). The summed E-state index contributed by atoms with van der Waals surface area (Å²) in [5, 5.41) is 13.9. The molecule has 21 heavy (non-hydrogen) atoms. The van der Waals surface area contributed by atoms with Gasteiger partial charge in [-0.3, -0.25) is 4.79 Å². The van der Waals surface area contributed by atoms with E-state index in [-0.39, 0.29) is 24.8 Å². The van der Waals surface area contributed by atoms with E-state index < -0.39 is 13.0 Å². The summed E-state index contributed by atoms with van der Waals surface area (Å²) in [5.74, 6) is -0.239. The number of amides is 1. The molecule has 8 heteroatoms. The average Bonchev–Trinajstić information content (AvgIpc) is 2.45. The minimum absolute atomic E-state index is 0.00140. The largest absolute Gasteiger partial charge is 0.409 e. The molecule has 1 aromatic rings. The van der Waals surface area contributed by atoms with Crippen LogP contribution in [0.4, 0.5) is 14.5 Å². The van der Waals surface area contributed by atoms with Crippen molar-refractivity contribution < 1.29 is 23.5 Å². The molecule has 0 radical (unpaired) electrons. The van der Waals surface area contributed by atoms with Crippen molar-refractivity contribution in [1.82, 2.24) is 0 Å². The zero-order valence-electron chi connectivity index (χ0n) is 11.3. The van der Waals surface area contributed by atoms with Gasteiger partial charge in [0.05, 0.1) is 13.0 Å². The quantitative estimate of drug-likeness (QED) is 0.223. The minimum Gasteiger partial charge on any atom is -0.409 e. The lowest BCUT2D eigenvalue weighted by atomic mass is 10.1. The third kappa shape index (κ3) is 7.21. The molecule has 0 spiro atoms. The van der Waals surface area contributed by atoms with Crippen molar-refractivity contribution in [2.45, 2.75) is 19.3 Å². The molecule has 1 amide bonds. The van der Waals surface area contributed by atoms with Gasteiger partial charge in [-0.05, 0) is 17.7 Å². The number of benzene rings is 1. The van der Waals surface area contributed by atoms with Crippen molar-refractivity contribution in [3.05, 3.63) is 29.8 Å². The molecule has 6 nitrogen and oxygen atoms in total. The fourth-order valence-corrected chi connectivity index (χ4v) is 1.51. The van der Waals surface area contributed by atoms with Gasteiger partial charge in [0.2, 0.25) is 5.91 Å². The zero-order valence-corrected chi connectivity index (χ0v) is 11.3. The predicted octanol–water partition coefficient (Wildman–Crippen LogP) is 1.59. The lowest BCUT2D eigenvalue weighted by Crippen LogP contribution is -2.16. The van der Waals surface area contributed by atoms with E-state index in [1.165, 1.54) is 0 Å². The van der Waals surface area contributed by atoms with Crippen LogP contribution in [-0.2, 0) is 16.0 Å². The van der Waals surface area contributed by atoms with Gasteiger partial charge in [-0.25, -0.2) is 8.78 Å². The Kier molecular flexibility index (Phi) is 7.10. The summed E-state index contributed by atoms with van der Waals surface area (Å²) in [6.07, 6.45) is -2.24. The topological polar surface area (TPSA) is 96.9 Å². The number of halogens is 2. The van der Waals surface area contributed by atoms with E-state index in [0.29, 0.717) is 12.1 Å². The third-order valence-electron chi connectivity index (χ3n) is 2.47. The maximum Gasteiger partial charge on any atom is 0.261 e. The maximum atomic E-state index is 11.8. The molecule has 0 aromatic heterocycles. The van der Waals surface area contributed by atoms with E-state index in [1.54, 1.807) is 24.3 Å². The number of amidine groups is 1. The van der Waals surface area contributed by atoms with Crippen molar-refractivity contribution in [2.24, 2.45) is 10.9 Å². The molecule has 0 aliphatic rings. The molecule has 0 saturated carbocycles. The Balaban J connectivity index is 2.36. The van der Waals surface area contributed by atoms with Gasteiger partial charge in [-0.2, -0.15) is 0 Å². The summed E-state index contributed by atoms with van der Waals surface area (Å²) in [4.78, 5) is 11.5. The Labute approximate surface area is 120 Å². The number of hydrogen-bond acceptors (Lipinski definition) is 4. The first-order valence-electron chi connectivity index (χ1n) is 6.22. The first-order valence-corrected chi connectivity index (χ1v) is 6.22. The van der Waals surface area contributed by atoms with Crippen molar-refractivity contribution >= 4 is 17.4 Å². The van der Waals surface area contributed by atoms with Crippen LogP contribution in [0.15, 0.2) is 29.4 Å². The number of hydrogen-bond donors (Lipinski definition) is 3. The van der Waals surface area contributed by atoms with Gasteiger partial charge in [0.15, 0.2) is 0 Å². The predicted molar refractivity (Wildman–Crippen MR) is 73.6 cm³/mol. The second-order valence-corrected chi connectivity index (χ2v) is 4.23. The van der Waals surface area contributed by atoms with Crippen molar-refractivity contribution in [1.29, 1.82) is 0 Å². The Hall–Kier alpha value is -2.22. The molecule has 0 aliphatic carbocycles. The molecule has 1 aromatic carbocycles. The highest BCUT2D eigenvalue weighted by molar-refractivity contribution is 5.90. The van der Waals surface area contributed by atoms with Crippen LogP contribution in [0.5, 0.6) is 0 Å². The van der Waals surface area contributed by atoms with Crippen molar-refractivity contribution in [3.8, 4) is 0 Å². The Morgan fingerprint density at radius 3 is 2.62 bits per heavy atom. The van der Waals surface area contributed by atoms with Crippen LogP contribution < -0.4 is 11.1 Å². The van der Waals surface area contributed by atoms with Gasteiger partial charge in [0.1, 0.15) is 12.4 Å². The smallest absolute Gasteiger partial charge is 0.261 e. The van der Waals surface area contributed by atoms with E-state index in [9.17, 15) is 13.6 Å². The molecule has 116 valence electrons. The summed E-state index contributed by atoms with van der Waals surface area (Å²) in [6.45, 7) is -0.729. The van der Waals surface area contributed by atoms with Crippen LogP contribution in [-0.4, -0.2) is 36.6 Å². The van der Waals surface area contributed by atoms with Crippen LogP contribution in [0.3, 0.4) is 0 Å². The Bertz CT molecular complexity index is 478. The second-order valence-electron chi connectivity index (χ2n) is 4.23. The fraction of sp³-hybridized carbons (Fsp3) is 0.385. The SMILES string of the molecule is N/C(Cc1ccc(NC(=O)CCOCC(F)F)cc1)=N/O. The average molecular weight is 301 g/mol. The molecular formula is C13H17F2N3O3. The number of nitrogens with one attached hydrogen (secondary N) is 1. The highest BCUT2D eigenvalue weighted by atomic mass is 19.3. The molecule has 0 bridgehead atoms. The van der Waals surface area contributed by atoms with Gasteiger partial charge in [-0.1, -0.05) is 17.3 Å². The third-order valence-corrected chi connectivity index (χ3v) is 2.47. The first kappa shape index (κ1) is 16.8. The monoisotopic (exact) mass is 301 g/mol. The number of rotatable bonds is 8. The Morgan fingerprint density at radius 1 is 1.38 bits per heavy atom. The number of anilines is 1. The van der Waals surface area contributed by atoms with Crippen LogP contribution in [0.25, 0.3) is 0 Å². The summed E-state index contributed by atoms with van der Waals surface area (Å²) in [5.41, 5.74) is 6.77. The van der Waals surface area contributed by atoms with E-state index in [1.807, 2.05) is 0 Å². The van der Waals surface area contributed by atoms with Gasteiger partial charge in [0.25, 0.3) is 6.43 Å². The summed E-state index contributed by atoms with van der Waals surface area (Å²) < 4.78 is 28.2. The molecule has 4 N–H and O–H groups in total. The second kappa shape index (κ2) is 8.85. The van der Waals surface area contributed by atoms with Gasteiger partial charge in [0, 0.05) is 12.1 Å². The number of nitrogens with two attached hydrogens (primary N) is 1. The standard InChI is InChI=1S/C13H17F2N3O3/c14-11(15)8-21-6-5-13(19)17-10-3-1-9(2-4-10)7-12(16)18-20/h1-4,11,20H,5-8H2,(H2,16,18)(H,17,19). The fourth-order valence-electron chi connectivity index (χ4n) is 1.51. The number of alkyl halides is 2. The summed E-state index contributed by atoms with van der Waals surface area (Å²) in [6, 6.07) is 6.78. The molecule has 0 heterocycles. The number of ether oxygens (including phenoxy) is 1. The molecule has 0 atom stereocenters. The van der Waals surface area contributed by atoms with E-state index in [4.69, 9.17) is 10.9 Å². The van der Waals surface area contributed by atoms with Crippen molar-refractivity contribution in [2.75, 3.05) is 18.5 Å². The van der Waals surface area contributed by atoms with Crippen molar-refractivity contribution in [3.63, 3.8) is 0 Å². The number of carbonyl (C=O) groups excluding carboxylic acids is 1. The maximum absolute atomic E-state index is 11.8. The summed E-state index contributed by atoms with van der Waals surface area (Å²) in [7, 11) is 0. The molecule has 0 fully saturated rings. The van der Waals surface area contributed by atoms with Crippen LogP contribution in [0, 0.1) is 0 Å². The Morgan fingerprint density at radius 2 is 2.05 bits per heavy atom. The van der Waals surface area contributed by atoms with Gasteiger partial charge < -0.3 is 21.0 Å². The molecule has 0 saturated heterocycles. The van der Waals surface area contributed by atoms with Crippen LogP contribution in [0.1, 0.15) is 12.0 Å². The molecule has 0 unspecified atom stereocenters. The zero-order chi connectivity index (χ0) is 15.7. The van der Waals surface area contributed by atoms with E-state index >= 15 is 0 Å². The number of nitrogens with zero attached hydrogens (tertiary/aromatic N) is 1. The molecular weight excluding hydrogens is 284 g/mol. The molecule has 0 aliphatic heterocycles. The number of carbonyl (C=O) groups is 1. The normalized spacial score (nSPS) is 11.7. The van der Waals surface area contributed by atoms with E-state index in [2.05, 4.69) is 15.2 Å². The van der Waals surface area contributed by atoms with Crippen LogP contribution >= 0.6 is 0 Å². The van der Waals surface area contributed by atoms with E-state index in [0.717, 1.165) is 5.56 Å². The first-order chi connectivity index (χ1) is 10.0. The lowest BCUT2D eigenvalue weighted by molar-refractivity contribution is -0.117. The summed E-state index contributed by atoms with van der Waals surface area (Å²) >= 11 is 0. The highest BCUT2D eigenvalue weighted by Gasteiger charge is 2.05. The van der Waals surface area contributed by atoms with Gasteiger partial charge in [-0.15, -0.1) is 0 Å². The highest BCUT2D eigenvalue weighted by Crippen LogP contribution is 2.10. The number of oxime groups is 1. The lowest BCUT2D eigenvalue weighted by Gasteiger charge is -2.07. The van der Waals surface area contributed by atoms with Crippen LogP contribution in [0.2, 0.25) is 0 Å².